The van der Waals surface area contributed by atoms with E-state index in [1.165, 1.54) is 5.56 Å². The minimum Gasteiger partial charge on any atom is -0.323 e. The number of hydrogen-bond donors (Lipinski definition) is 0. The van der Waals surface area contributed by atoms with Gasteiger partial charge in [0.05, 0.1) is 5.69 Å². The first-order valence-corrected chi connectivity index (χ1v) is 7.90. The summed E-state index contributed by atoms with van der Waals surface area (Å²) in [5.74, 6) is 0. The van der Waals surface area contributed by atoms with E-state index in [1.807, 2.05) is 24.4 Å². The van der Waals surface area contributed by atoms with Crippen LogP contribution >= 0.6 is 0 Å². The Morgan fingerprint density at radius 3 is 2.22 bits per heavy atom. The predicted molar refractivity (Wildman–Crippen MR) is 98.2 cm³/mol. The summed E-state index contributed by atoms with van der Waals surface area (Å²) in [5, 5.41) is 0. The monoisotopic (exact) mass is 302 g/mol. The first-order valence-electron chi connectivity index (χ1n) is 7.90. The fourth-order valence-corrected chi connectivity index (χ4v) is 2.45. The zero-order chi connectivity index (χ0) is 16.3. The Morgan fingerprint density at radius 1 is 0.870 bits per heavy atom. The van der Waals surface area contributed by atoms with Crippen LogP contribution in [0.15, 0.2) is 78.0 Å². The summed E-state index contributed by atoms with van der Waals surface area (Å²) in [4.78, 5) is 4.57. The highest BCUT2D eigenvalue weighted by Gasteiger charge is 2.12. The van der Waals surface area contributed by atoms with Crippen molar-refractivity contribution in [2.24, 2.45) is 4.99 Å². The highest BCUT2D eigenvalue weighted by Crippen LogP contribution is 2.24. The Morgan fingerprint density at radius 2 is 1.57 bits per heavy atom. The molecule has 0 unspecified atom stereocenters. The number of aliphatic imine (C=N–C) groups is 1. The van der Waals surface area contributed by atoms with Crippen molar-refractivity contribution < 1.29 is 0 Å². The van der Waals surface area contributed by atoms with Gasteiger partial charge in [-0.15, -0.1) is 0 Å². The second-order valence-corrected chi connectivity index (χ2v) is 6.74. The lowest BCUT2D eigenvalue weighted by Crippen LogP contribution is -2.10. The molecule has 116 valence electrons. The topological polar surface area (TPSA) is 17.3 Å². The summed E-state index contributed by atoms with van der Waals surface area (Å²) in [6, 6.07) is 20.8. The van der Waals surface area contributed by atoms with Crippen molar-refractivity contribution in [1.29, 1.82) is 0 Å². The lowest BCUT2D eigenvalue weighted by molar-refractivity contribution is 0.590. The van der Waals surface area contributed by atoms with Gasteiger partial charge in [-0.1, -0.05) is 51.1 Å². The average molecular weight is 302 g/mol. The van der Waals surface area contributed by atoms with Gasteiger partial charge in [-0.2, -0.15) is 0 Å². The molecule has 3 rings (SSSR count). The fraction of sp³-hybridized carbons (Fsp3) is 0.190. The molecule has 2 heteroatoms. The molecule has 0 atom stereocenters. The van der Waals surface area contributed by atoms with E-state index in [4.69, 9.17) is 0 Å². The molecule has 2 aromatic carbocycles. The van der Waals surface area contributed by atoms with E-state index in [0.717, 1.165) is 16.9 Å². The molecule has 0 radical (unpaired) electrons. The first-order chi connectivity index (χ1) is 11.0. The van der Waals surface area contributed by atoms with Crippen LogP contribution in [0.25, 0.3) is 5.69 Å². The van der Waals surface area contributed by atoms with Crippen LogP contribution in [-0.2, 0) is 5.41 Å². The molecule has 0 saturated heterocycles. The molecule has 1 aromatic heterocycles. The van der Waals surface area contributed by atoms with Crippen molar-refractivity contribution in [3.63, 3.8) is 0 Å². The van der Waals surface area contributed by atoms with Gasteiger partial charge in [0.2, 0.25) is 0 Å². The Labute approximate surface area is 138 Å². The van der Waals surface area contributed by atoms with Crippen LogP contribution in [0.3, 0.4) is 0 Å². The zero-order valence-electron chi connectivity index (χ0n) is 13.9. The minimum atomic E-state index is 0.176. The summed E-state index contributed by atoms with van der Waals surface area (Å²) >= 11 is 0. The van der Waals surface area contributed by atoms with E-state index >= 15 is 0 Å². The van der Waals surface area contributed by atoms with Gasteiger partial charge in [0.1, 0.15) is 0 Å². The molecule has 3 aromatic rings. The van der Waals surface area contributed by atoms with E-state index < -0.39 is 0 Å². The van der Waals surface area contributed by atoms with Crippen molar-refractivity contribution in [2.75, 3.05) is 0 Å². The highest BCUT2D eigenvalue weighted by molar-refractivity contribution is 5.81. The van der Waals surface area contributed by atoms with Crippen LogP contribution in [0.5, 0.6) is 0 Å². The van der Waals surface area contributed by atoms with E-state index in [-0.39, 0.29) is 5.41 Å². The number of benzene rings is 2. The van der Waals surface area contributed by atoms with Crippen LogP contribution in [0, 0.1) is 0 Å². The molecule has 0 N–H and O–H groups in total. The molecular formula is C21H22N2. The quantitative estimate of drug-likeness (QED) is 0.566. The standard InChI is InChI=1S/C21H22N2/c1-21(2,3)18-9-11-19(12-10-18)22-15-17-13-14-23(16-17)20-7-5-4-6-8-20/h4-16H,1-3H3. The van der Waals surface area contributed by atoms with E-state index in [9.17, 15) is 0 Å². The molecule has 23 heavy (non-hydrogen) atoms. The summed E-state index contributed by atoms with van der Waals surface area (Å²) in [5.41, 5.74) is 4.72. The molecule has 0 fully saturated rings. The largest absolute Gasteiger partial charge is 0.323 e. The number of aromatic nitrogens is 1. The molecule has 0 saturated carbocycles. The average Bonchev–Trinajstić information content (AvgIpc) is 3.02. The zero-order valence-corrected chi connectivity index (χ0v) is 13.9. The van der Waals surface area contributed by atoms with Gasteiger partial charge in [0.25, 0.3) is 0 Å². The lowest BCUT2D eigenvalue weighted by Gasteiger charge is -2.18. The molecule has 0 spiro atoms. The van der Waals surface area contributed by atoms with Gasteiger partial charge in [-0.3, -0.25) is 4.99 Å². The van der Waals surface area contributed by atoms with Crippen LogP contribution in [0.1, 0.15) is 31.9 Å². The molecule has 0 aliphatic heterocycles. The van der Waals surface area contributed by atoms with Gasteiger partial charge >= 0.3 is 0 Å². The van der Waals surface area contributed by atoms with Crippen molar-refractivity contribution in [3.8, 4) is 5.69 Å². The smallest absolute Gasteiger partial charge is 0.0630 e. The van der Waals surface area contributed by atoms with Crippen molar-refractivity contribution in [3.05, 3.63) is 84.2 Å². The third-order valence-electron chi connectivity index (χ3n) is 3.87. The van der Waals surface area contributed by atoms with E-state index in [1.54, 1.807) is 0 Å². The Balaban J connectivity index is 1.75. The molecule has 0 aliphatic rings. The summed E-state index contributed by atoms with van der Waals surface area (Å²) in [6.45, 7) is 6.66. The fourth-order valence-electron chi connectivity index (χ4n) is 2.45. The first kappa shape index (κ1) is 15.3. The molecule has 0 bridgehead atoms. The summed E-state index contributed by atoms with van der Waals surface area (Å²) < 4.78 is 2.10. The third kappa shape index (κ3) is 3.78. The maximum absolute atomic E-state index is 4.57. The molecule has 0 aliphatic carbocycles. The van der Waals surface area contributed by atoms with Gasteiger partial charge in [-0.05, 0) is 41.3 Å². The Bertz CT molecular complexity index is 788. The highest BCUT2D eigenvalue weighted by atomic mass is 14.9. The number of nitrogens with zero attached hydrogens (tertiary/aromatic N) is 2. The van der Waals surface area contributed by atoms with E-state index in [0.29, 0.717) is 0 Å². The van der Waals surface area contributed by atoms with Crippen molar-refractivity contribution in [2.45, 2.75) is 26.2 Å². The molecule has 1 heterocycles. The number of hydrogen-bond acceptors (Lipinski definition) is 1. The van der Waals surface area contributed by atoms with E-state index in [2.05, 4.69) is 85.2 Å². The second-order valence-electron chi connectivity index (χ2n) is 6.74. The summed E-state index contributed by atoms with van der Waals surface area (Å²) in [6.07, 6.45) is 6.05. The van der Waals surface area contributed by atoms with Crippen LogP contribution in [0.2, 0.25) is 0 Å². The maximum Gasteiger partial charge on any atom is 0.0630 e. The van der Waals surface area contributed by atoms with Gasteiger partial charge in [0, 0.05) is 29.9 Å². The van der Waals surface area contributed by atoms with Crippen molar-refractivity contribution in [1.82, 2.24) is 4.57 Å². The Hall–Kier alpha value is -2.61. The molecule has 0 amide bonds. The number of rotatable bonds is 3. The maximum atomic E-state index is 4.57. The molecule has 2 nitrogen and oxygen atoms in total. The van der Waals surface area contributed by atoms with Crippen LogP contribution in [0.4, 0.5) is 5.69 Å². The van der Waals surface area contributed by atoms with Crippen molar-refractivity contribution >= 4 is 11.9 Å². The van der Waals surface area contributed by atoms with Gasteiger partial charge < -0.3 is 4.57 Å². The van der Waals surface area contributed by atoms with Crippen LogP contribution < -0.4 is 0 Å². The van der Waals surface area contributed by atoms with Crippen LogP contribution in [-0.4, -0.2) is 10.8 Å². The second kappa shape index (κ2) is 6.25. The van der Waals surface area contributed by atoms with Gasteiger partial charge in [-0.25, -0.2) is 0 Å². The number of para-hydroxylation sites is 1. The normalized spacial score (nSPS) is 12.0. The summed E-state index contributed by atoms with van der Waals surface area (Å²) in [7, 11) is 0. The minimum absolute atomic E-state index is 0.176. The molecular weight excluding hydrogens is 280 g/mol. The predicted octanol–water partition coefficient (Wildman–Crippen LogP) is 5.53. The SMILES string of the molecule is CC(C)(C)c1ccc(N=Cc2ccn(-c3ccccc3)c2)cc1. The van der Waals surface area contributed by atoms with Gasteiger partial charge in [0.15, 0.2) is 0 Å². The lowest BCUT2D eigenvalue weighted by atomic mass is 9.87. The Kier molecular flexibility index (Phi) is 4.16. The third-order valence-corrected chi connectivity index (χ3v) is 3.87.